The SMILES string of the molecule is Cc1ccc2[nH]c3ccc(N(c4ccccc4)c4ccc5ccccc5c4)cc3c2c1. The summed E-state index contributed by atoms with van der Waals surface area (Å²) in [6.07, 6.45) is 0. The number of aromatic amines is 1. The van der Waals surface area contributed by atoms with E-state index in [-0.39, 0.29) is 0 Å². The van der Waals surface area contributed by atoms with E-state index in [4.69, 9.17) is 0 Å². The molecule has 0 saturated heterocycles. The van der Waals surface area contributed by atoms with Gasteiger partial charge in [-0.15, -0.1) is 0 Å². The molecule has 2 heteroatoms. The molecule has 0 aliphatic heterocycles. The second kappa shape index (κ2) is 7.03. The average Bonchev–Trinajstić information content (AvgIpc) is 3.17. The highest BCUT2D eigenvalue weighted by Gasteiger charge is 2.14. The molecule has 0 saturated carbocycles. The fourth-order valence-electron chi connectivity index (χ4n) is 4.48. The van der Waals surface area contributed by atoms with Gasteiger partial charge in [0.2, 0.25) is 0 Å². The van der Waals surface area contributed by atoms with Gasteiger partial charge in [-0.1, -0.05) is 60.2 Å². The van der Waals surface area contributed by atoms with Crippen LogP contribution in [0.4, 0.5) is 17.1 Å². The zero-order valence-electron chi connectivity index (χ0n) is 17.3. The van der Waals surface area contributed by atoms with Crippen LogP contribution in [0.2, 0.25) is 0 Å². The van der Waals surface area contributed by atoms with Crippen molar-refractivity contribution in [1.82, 2.24) is 4.98 Å². The van der Waals surface area contributed by atoms with Crippen LogP contribution in [0.15, 0.2) is 109 Å². The van der Waals surface area contributed by atoms with E-state index in [2.05, 4.69) is 126 Å². The number of fused-ring (bicyclic) bond motifs is 4. The number of nitrogens with zero attached hydrogens (tertiary/aromatic N) is 1. The lowest BCUT2D eigenvalue weighted by molar-refractivity contribution is 1.29. The van der Waals surface area contributed by atoms with Crippen LogP contribution >= 0.6 is 0 Å². The van der Waals surface area contributed by atoms with Crippen molar-refractivity contribution >= 4 is 49.6 Å². The molecule has 0 atom stereocenters. The topological polar surface area (TPSA) is 19.0 Å². The molecule has 0 aliphatic rings. The third kappa shape index (κ3) is 3.04. The summed E-state index contributed by atoms with van der Waals surface area (Å²) in [5, 5.41) is 5.01. The number of aromatic nitrogens is 1. The molecule has 1 aromatic heterocycles. The normalized spacial score (nSPS) is 11.4. The molecular formula is C29H22N2. The minimum Gasteiger partial charge on any atom is -0.355 e. The highest BCUT2D eigenvalue weighted by molar-refractivity contribution is 6.09. The van der Waals surface area contributed by atoms with Crippen molar-refractivity contribution < 1.29 is 0 Å². The van der Waals surface area contributed by atoms with Gasteiger partial charge in [-0.2, -0.15) is 0 Å². The van der Waals surface area contributed by atoms with Crippen LogP contribution in [-0.4, -0.2) is 4.98 Å². The third-order valence-electron chi connectivity index (χ3n) is 6.00. The number of nitrogens with one attached hydrogen (secondary N) is 1. The summed E-state index contributed by atoms with van der Waals surface area (Å²) in [6, 6.07) is 39.1. The first-order valence-corrected chi connectivity index (χ1v) is 10.6. The van der Waals surface area contributed by atoms with Crippen LogP contribution in [0.25, 0.3) is 32.6 Å². The molecule has 148 valence electrons. The third-order valence-corrected chi connectivity index (χ3v) is 6.00. The summed E-state index contributed by atoms with van der Waals surface area (Å²) in [4.78, 5) is 5.89. The fourth-order valence-corrected chi connectivity index (χ4v) is 4.48. The average molecular weight is 399 g/mol. The molecule has 6 rings (SSSR count). The van der Waals surface area contributed by atoms with E-state index in [1.807, 2.05) is 0 Å². The number of hydrogen-bond donors (Lipinski definition) is 1. The first-order valence-electron chi connectivity index (χ1n) is 10.6. The Morgan fingerprint density at radius 3 is 2.00 bits per heavy atom. The van der Waals surface area contributed by atoms with Crippen LogP contribution in [0.5, 0.6) is 0 Å². The van der Waals surface area contributed by atoms with Crippen molar-refractivity contribution in [1.29, 1.82) is 0 Å². The zero-order valence-corrected chi connectivity index (χ0v) is 17.3. The molecule has 0 radical (unpaired) electrons. The summed E-state index contributed by atoms with van der Waals surface area (Å²) in [5.74, 6) is 0. The van der Waals surface area contributed by atoms with Gasteiger partial charge in [0, 0.05) is 38.9 Å². The second-order valence-corrected chi connectivity index (χ2v) is 8.11. The molecule has 1 N–H and O–H groups in total. The van der Waals surface area contributed by atoms with E-state index in [1.54, 1.807) is 0 Å². The predicted octanol–water partition coefficient (Wildman–Crippen LogP) is 8.25. The van der Waals surface area contributed by atoms with Gasteiger partial charge >= 0.3 is 0 Å². The molecule has 1 heterocycles. The number of anilines is 3. The Balaban J connectivity index is 1.59. The van der Waals surface area contributed by atoms with E-state index in [9.17, 15) is 0 Å². The molecule has 0 bridgehead atoms. The monoisotopic (exact) mass is 398 g/mol. The van der Waals surface area contributed by atoms with Gasteiger partial charge in [0.05, 0.1) is 0 Å². The smallest absolute Gasteiger partial charge is 0.0469 e. The number of aryl methyl sites for hydroxylation is 1. The van der Waals surface area contributed by atoms with Crippen LogP contribution in [0.3, 0.4) is 0 Å². The number of hydrogen-bond acceptors (Lipinski definition) is 1. The van der Waals surface area contributed by atoms with Gasteiger partial charge in [-0.25, -0.2) is 0 Å². The minimum atomic E-state index is 1.15. The first kappa shape index (κ1) is 17.8. The standard InChI is InChI=1S/C29H22N2/c1-20-11-15-28-26(17-20)27-19-25(14-16-29(27)30-28)31(23-9-3-2-4-10-23)24-13-12-21-7-5-6-8-22(21)18-24/h2-19,30H,1H3. The first-order chi connectivity index (χ1) is 15.3. The number of benzene rings is 5. The van der Waals surface area contributed by atoms with Gasteiger partial charge in [0.1, 0.15) is 0 Å². The van der Waals surface area contributed by atoms with E-state index >= 15 is 0 Å². The van der Waals surface area contributed by atoms with Gasteiger partial charge in [-0.3, -0.25) is 0 Å². The molecule has 0 aliphatic carbocycles. The fraction of sp³-hybridized carbons (Fsp3) is 0.0345. The van der Waals surface area contributed by atoms with Crippen LogP contribution in [0.1, 0.15) is 5.56 Å². The summed E-state index contributed by atoms with van der Waals surface area (Å²) in [7, 11) is 0. The second-order valence-electron chi connectivity index (χ2n) is 8.11. The van der Waals surface area contributed by atoms with Crippen molar-refractivity contribution in [2.24, 2.45) is 0 Å². The van der Waals surface area contributed by atoms with Crippen molar-refractivity contribution in [3.63, 3.8) is 0 Å². The Labute approximate surface area is 181 Å². The lowest BCUT2D eigenvalue weighted by Crippen LogP contribution is -2.09. The Hall–Kier alpha value is -4.04. The summed E-state index contributed by atoms with van der Waals surface area (Å²) < 4.78 is 0. The quantitative estimate of drug-likeness (QED) is 0.318. The van der Waals surface area contributed by atoms with Crippen molar-refractivity contribution in [2.75, 3.05) is 4.90 Å². The van der Waals surface area contributed by atoms with E-state index < -0.39 is 0 Å². The Morgan fingerprint density at radius 1 is 0.516 bits per heavy atom. The predicted molar refractivity (Wildman–Crippen MR) is 133 cm³/mol. The summed E-state index contributed by atoms with van der Waals surface area (Å²) in [5.41, 5.74) is 7.06. The zero-order chi connectivity index (χ0) is 20.8. The summed E-state index contributed by atoms with van der Waals surface area (Å²) >= 11 is 0. The van der Waals surface area contributed by atoms with Crippen LogP contribution < -0.4 is 4.90 Å². The Morgan fingerprint density at radius 2 is 1.16 bits per heavy atom. The lowest BCUT2D eigenvalue weighted by atomic mass is 10.1. The van der Waals surface area contributed by atoms with Crippen LogP contribution in [-0.2, 0) is 0 Å². The molecule has 5 aromatic carbocycles. The van der Waals surface area contributed by atoms with Crippen LogP contribution in [0, 0.1) is 6.92 Å². The van der Waals surface area contributed by atoms with Crippen molar-refractivity contribution in [3.05, 3.63) is 115 Å². The highest BCUT2D eigenvalue weighted by Crippen LogP contribution is 2.38. The maximum atomic E-state index is 3.56. The highest BCUT2D eigenvalue weighted by atomic mass is 15.1. The molecule has 0 unspecified atom stereocenters. The lowest BCUT2D eigenvalue weighted by Gasteiger charge is -2.26. The summed E-state index contributed by atoms with van der Waals surface area (Å²) in [6.45, 7) is 2.15. The minimum absolute atomic E-state index is 1.15. The number of H-pyrrole nitrogens is 1. The maximum absolute atomic E-state index is 3.56. The van der Waals surface area contributed by atoms with Crippen molar-refractivity contribution in [3.8, 4) is 0 Å². The Bertz CT molecular complexity index is 1540. The molecule has 6 aromatic rings. The van der Waals surface area contributed by atoms with Gasteiger partial charge in [0.15, 0.2) is 0 Å². The molecule has 0 fully saturated rings. The molecular weight excluding hydrogens is 376 g/mol. The van der Waals surface area contributed by atoms with Gasteiger partial charge < -0.3 is 9.88 Å². The maximum Gasteiger partial charge on any atom is 0.0469 e. The van der Waals surface area contributed by atoms with Gasteiger partial charge in [0.25, 0.3) is 0 Å². The number of para-hydroxylation sites is 1. The van der Waals surface area contributed by atoms with E-state index in [0.29, 0.717) is 0 Å². The van der Waals surface area contributed by atoms with Crippen molar-refractivity contribution in [2.45, 2.75) is 6.92 Å². The molecule has 0 spiro atoms. The van der Waals surface area contributed by atoms with Gasteiger partial charge in [-0.05, 0) is 72.3 Å². The molecule has 0 amide bonds. The van der Waals surface area contributed by atoms with E-state index in [1.165, 1.54) is 32.6 Å². The molecule has 31 heavy (non-hydrogen) atoms. The van der Waals surface area contributed by atoms with E-state index in [0.717, 1.165) is 22.6 Å². The number of rotatable bonds is 3. The Kier molecular flexibility index (Phi) is 4.03. The largest absolute Gasteiger partial charge is 0.355 e. The molecule has 2 nitrogen and oxygen atoms in total.